The van der Waals surface area contributed by atoms with Crippen LogP contribution < -0.4 is 72.0 Å². The van der Waals surface area contributed by atoms with E-state index in [1.165, 1.54) is 6.92 Å². The number of primary amides is 2. The number of rotatable bonds is 31. The Balaban J connectivity index is 6.44. The number of unbranched alkanes of at least 4 members (excludes halogenated alkanes) is 2. The monoisotopic (exact) mass is 843 g/mol. The van der Waals surface area contributed by atoms with E-state index in [1.54, 1.807) is 13.8 Å². The molecule has 8 atom stereocenters. The maximum absolute atomic E-state index is 13.7. The lowest BCUT2D eigenvalue weighted by Gasteiger charge is -2.28. The number of aliphatic carboxylic acids is 1. The minimum Gasteiger partial charge on any atom is -0.480 e. The van der Waals surface area contributed by atoms with Crippen LogP contribution in [0.4, 0.5) is 0 Å². The van der Waals surface area contributed by atoms with E-state index < -0.39 is 114 Å². The van der Waals surface area contributed by atoms with Gasteiger partial charge in [-0.15, -0.1) is 0 Å². The van der Waals surface area contributed by atoms with Gasteiger partial charge in [-0.05, 0) is 70.9 Å². The average Bonchev–Trinajstić information content (AvgIpc) is 3.15. The molecule has 0 bridgehead atoms. The van der Waals surface area contributed by atoms with Crippen LogP contribution in [-0.4, -0.2) is 126 Å². The molecule has 0 unspecified atom stereocenters. The smallest absolute Gasteiger partial charge is 0.325 e. The van der Waals surface area contributed by atoms with Gasteiger partial charge in [0.15, 0.2) is 5.96 Å². The van der Waals surface area contributed by atoms with Crippen molar-refractivity contribution >= 4 is 59.2 Å². The van der Waals surface area contributed by atoms with Gasteiger partial charge in [-0.1, -0.05) is 26.7 Å². The summed E-state index contributed by atoms with van der Waals surface area (Å²) in [6.07, 6.45) is 1.06. The van der Waals surface area contributed by atoms with Crippen molar-refractivity contribution in [2.45, 2.75) is 134 Å². The molecule has 8 amide bonds. The van der Waals surface area contributed by atoms with Gasteiger partial charge >= 0.3 is 5.97 Å². The fraction of sp³-hybridized carbons (Fsp3) is 0.714. The van der Waals surface area contributed by atoms with E-state index in [0.29, 0.717) is 32.2 Å². The van der Waals surface area contributed by atoms with Crippen LogP contribution in [0.15, 0.2) is 4.99 Å². The van der Waals surface area contributed by atoms with E-state index in [1.807, 2.05) is 0 Å². The molecule has 0 saturated heterocycles. The first-order chi connectivity index (χ1) is 27.7. The zero-order chi connectivity index (χ0) is 45.2. The molecule has 0 saturated carbocycles. The third-order valence-electron chi connectivity index (χ3n) is 9.06. The lowest BCUT2D eigenvalue weighted by atomic mass is 9.97. The molecule has 21 N–H and O–H groups in total. The Morgan fingerprint density at radius 2 is 0.983 bits per heavy atom. The third kappa shape index (κ3) is 22.2. The SMILES string of the molecule is CC[C@H](C)[C@H](NC(=O)[C@H](CC(N)=O)NC(=O)[C@H](CCCCN)NC(=O)[C@H](CC(N)=O)NC(=O)[C@H](CCCN=C(N)N)NC(=O)[C@@H](N)CCCCN)C(=O)N[C@@H](C)C(=O)O. The summed E-state index contributed by atoms with van der Waals surface area (Å²) < 4.78 is 0. The lowest BCUT2D eigenvalue weighted by molar-refractivity contribution is -0.142. The summed E-state index contributed by atoms with van der Waals surface area (Å²) in [7, 11) is 0. The quantitative estimate of drug-likeness (QED) is 0.0176. The highest BCUT2D eigenvalue weighted by atomic mass is 16.4. The van der Waals surface area contributed by atoms with Crippen LogP contribution in [0, 0.1) is 5.92 Å². The molecule has 24 heteroatoms. The van der Waals surface area contributed by atoms with E-state index in [0.717, 1.165) is 0 Å². The summed E-state index contributed by atoms with van der Waals surface area (Å²) in [6, 6.07) is -9.66. The van der Waals surface area contributed by atoms with Gasteiger partial charge < -0.3 is 77.1 Å². The molecule has 0 radical (unpaired) electrons. The van der Waals surface area contributed by atoms with Crippen molar-refractivity contribution in [1.29, 1.82) is 0 Å². The van der Waals surface area contributed by atoms with Gasteiger partial charge in [-0.25, -0.2) is 0 Å². The predicted octanol–water partition coefficient (Wildman–Crippen LogP) is -5.56. The molecule has 0 aliphatic rings. The van der Waals surface area contributed by atoms with Crippen LogP contribution in [0.25, 0.3) is 0 Å². The zero-order valence-electron chi connectivity index (χ0n) is 34.1. The minimum absolute atomic E-state index is 0.0274. The minimum atomic E-state index is -1.67. The number of amides is 8. The van der Waals surface area contributed by atoms with Gasteiger partial charge in [0, 0.05) is 6.54 Å². The first-order valence-corrected chi connectivity index (χ1v) is 19.5. The largest absolute Gasteiger partial charge is 0.480 e. The van der Waals surface area contributed by atoms with Crippen LogP contribution >= 0.6 is 0 Å². The summed E-state index contributed by atoms with van der Waals surface area (Å²) in [5, 5.41) is 23.7. The van der Waals surface area contributed by atoms with Crippen LogP contribution in [-0.2, 0) is 43.2 Å². The Morgan fingerprint density at radius 1 is 0.559 bits per heavy atom. The lowest BCUT2D eigenvalue weighted by Crippen LogP contribution is -2.61. The number of hydrogen-bond acceptors (Lipinski definition) is 13. The number of nitrogens with one attached hydrogen (secondary N) is 6. The van der Waals surface area contributed by atoms with Crippen molar-refractivity contribution < 1.29 is 48.3 Å². The van der Waals surface area contributed by atoms with E-state index in [2.05, 4.69) is 36.9 Å². The fourth-order valence-electron chi connectivity index (χ4n) is 5.41. The topological polar surface area (TPSA) is 441 Å². The molecule has 0 fully saturated rings. The second-order valence-corrected chi connectivity index (χ2v) is 14.2. The van der Waals surface area contributed by atoms with Crippen LogP contribution in [0.1, 0.15) is 91.4 Å². The maximum atomic E-state index is 13.7. The first kappa shape index (κ1) is 53.4. The van der Waals surface area contributed by atoms with Crippen molar-refractivity contribution in [3.63, 3.8) is 0 Å². The van der Waals surface area contributed by atoms with Crippen LogP contribution in [0.2, 0.25) is 0 Å². The molecular weight excluding hydrogens is 776 g/mol. The second kappa shape index (κ2) is 28.7. The van der Waals surface area contributed by atoms with Gasteiger partial charge in [-0.3, -0.25) is 48.1 Å². The molecule has 336 valence electrons. The Labute approximate surface area is 343 Å². The Kier molecular flexibility index (Phi) is 26.0. The molecule has 0 aromatic carbocycles. The second-order valence-electron chi connectivity index (χ2n) is 14.2. The summed E-state index contributed by atoms with van der Waals surface area (Å²) in [6.45, 7) is 5.24. The number of carboxylic acid groups (broad SMARTS) is 1. The molecule has 0 aliphatic carbocycles. The number of hydrogen-bond donors (Lipinski definition) is 14. The van der Waals surface area contributed by atoms with Gasteiger partial charge in [0.05, 0.1) is 18.9 Å². The number of carboxylic acids is 1. The highest BCUT2D eigenvalue weighted by molar-refractivity contribution is 5.99. The number of carbonyl (C=O) groups is 9. The van der Waals surface area contributed by atoms with Crippen LogP contribution in [0.3, 0.4) is 0 Å². The third-order valence-corrected chi connectivity index (χ3v) is 9.06. The number of guanidine groups is 1. The zero-order valence-corrected chi connectivity index (χ0v) is 34.1. The molecule has 0 spiro atoms. The summed E-state index contributed by atoms with van der Waals surface area (Å²) in [4.78, 5) is 120. The van der Waals surface area contributed by atoms with E-state index in [9.17, 15) is 48.3 Å². The van der Waals surface area contributed by atoms with Gasteiger partial charge in [0.25, 0.3) is 0 Å². The molecule has 59 heavy (non-hydrogen) atoms. The van der Waals surface area contributed by atoms with E-state index in [4.69, 9.17) is 40.1 Å². The molecule has 0 aliphatic heterocycles. The molecule has 24 nitrogen and oxygen atoms in total. The van der Waals surface area contributed by atoms with Gasteiger partial charge in [0.2, 0.25) is 47.3 Å². The highest BCUT2D eigenvalue weighted by Gasteiger charge is 2.35. The van der Waals surface area contributed by atoms with Gasteiger partial charge in [0.1, 0.15) is 36.3 Å². The average molecular weight is 843 g/mol. The van der Waals surface area contributed by atoms with Crippen molar-refractivity contribution in [2.24, 2.45) is 51.0 Å². The molecule has 0 rings (SSSR count). The first-order valence-electron chi connectivity index (χ1n) is 19.5. The molecule has 0 heterocycles. The highest BCUT2D eigenvalue weighted by Crippen LogP contribution is 2.11. The van der Waals surface area contributed by atoms with E-state index >= 15 is 0 Å². The van der Waals surface area contributed by atoms with Crippen molar-refractivity contribution in [1.82, 2.24) is 31.9 Å². The number of nitrogens with zero attached hydrogens (tertiary/aromatic N) is 1. The normalized spacial score (nSPS) is 14.9. The number of nitrogens with two attached hydrogens (primary N) is 7. The maximum Gasteiger partial charge on any atom is 0.325 e. The predicted molar refractivity (Wildman–Crippen MR) is 216 cm³/mol. The number of carbonyl (C=O) groups excluding carboxylic acids is 8. The van der Waals surface area contributed by atoms with Gasteiger partial charge in [-0.2, -0.15) is 0 Å². The Morgan fingerprint density at radius 3 is 1.42 bits per heavy atom. The standard InChI is InChI=1S/C35H66N14O10/c1-4-18(2)27(33(57)44-19(3)34(58)59)49-32(56)24(17-26(40)51)48-29(53)21(11-6-8-14-37)46-31(55)23(16-25(39)50)47-30(54)22(12-9-15-43-35(41)42)45-28(52)20(38)10-5-7-13-36/h18-24,27H,4-17,36-38H2,1-3H3,(H2,39,50)(H2,40,51)(H,44,57)(H,45,52)(H,46,55)(H,47,54)(H,48,53)(H,49,56)(H,58,59)(H4,41,42,43)/t18-,19-,20-,21-,22-,23-,24-,27-/m0/s1. The Bertz CT molecular complexity index is 1460. The summed E-state index contributed by atoms with van der Waals surface area (Å²) in [5.74, 6) is -9.55. The fourth-order valence-corrected chi connectivity index (χ4v) is 5.41. The molecular formula is C35H66N14O10. The Hall–Kier alpha value is -5.62. The van der Waals surface area contributed by atoms with Crippen molar-refractivity contribution in [3.8, 4) is 0 Å². The number of aliphatic imine (C=N–C) groups is 1. The summed E-state index contributed by atoms with van der Waals surface area (Å²) >= 11 is 0. The summed E-state index contributed by atoms with van der Waals surface area (Å²) in [5.41, 5.74) is 38.7. The molecule has 0 aromatic rings. The van der Waals surface area contributed by atoms with Crippen molar-refractivity contribution in [3.05, 3.63) is 0 Å². The van der Waals surface area contributed by atoms with Crippen molar-refractivity contribution in [2.75, 3.05) is 19.6 Å². The van der Waals surface area contributed by atoms with Crippen LogP contribution in [0.5, 0.6) is 0 Å². The molecule has 0 aromatic heterocycles. The van der Waals surface area contributed by atoms with E-state index in [-0.39, 0.29) is 51.2 Å².